The molecular formula is C17H20N4O4. The molecule has 0 saturated carbocycles. The second kappa shape index (κ2) is 6.62. The minimum atomic E-state index is 0.166. The number of hydrogen-bond acceptors (Lipinski definition) is 7. The van der Waals surface area contributed by atoms with Crippen LogP contribution in [0.5, 0.6) is 11.5 Å². The highest BCUT2D eigenvalue weighted by molar-refractivity contribution is 5.76. The van der Waals surface area contributed by atoms with E-state index in [0.717, 1.165) is 17.1 Å². The average Bonchev–Trinajstić information content (AvgIpc) is 3.28. The Morgan fingerprint density at radius 3 is 2.68 bits per heavy atom. The van der Waals surface area contributed by atoms with Crippen molar-refractivity contribution in [2.45, 2.75) is 19.8 Å². The van der Waals surface area contributed by atoms with Crippen LogP contribution in [0.2, 0.25) is 0 Å². The number of benzene rings is 1. The Bertz CT molecular complexity index is 768. The maximum absolute atomic E-state index is 12.5. The average molecular weight is 344 g/mol. The first-order chi connectivity index (χ1) is 12.2. The highest BCUT2D eigenvalue weighted by atomic mass is 16.7. The lowest BCUT2D eigenvalue weighted by atomic mass is 10.1. The van der Waals surface area contributed by atoms with Gasteiger partial charge in [0.1, 0.15) is 0 Å². The molecule has 0 N–H and O–H groups in total. The van der Waals surface area contributed by atoms with E-state index < -0.39 is 0 Å². The lowest BCUT2D eigenvalue weighted by molar-refractivity contribution is -0.131. The second-order valence-corrected chi connectivity index (χ2v) is 6.16. The third-order valence-corrected chi connectivity index (χ3v) is 4.48. The Morgan fingerprint density at radius 1 is 1.12 bits per heavy atom. The number of nitrogens with zero attached hydrogens (tertiary/aromatic N) is 4. The van der Waals surface area contributed by atoms with Gasteiger partial charge < -0.3 is 23.7 Å². The number of amides is 1. The predicted octanol–water partition coefficient (Wildman–Crippen LogP) is 1.39. The van der Waals surface area contributed by atoms with Crippen molar-refractivity contribution in [1.29, 1.82) is 0 Å². The van der Waals surface area contributed by atoms with Crippen molar-refractivity contribution in [3.63, 3.8) is 0 Å². The van der Waals surface area contributed by atoms with Gasteiger partial charge in [-0.25, -0.2) is 0 Å². The number of piperazine rings is 1. The van der Waals surface area contributed by atoms with Crippen LogP contribution in [-0.4, -0.2) is 54.0 Å². The number of carbonyl (C=O) groups is 1. The fraction of sp³-hybridized carbons (Fsp3) is 0.471. The molecule has 8 nitrogen and oxygen atoms in total. The zero-order valence-electron chi connectivity index (χ0n) is 14.1. The second-order valence-electron chi connectivity index (χ2n) is 6.16. The van der Waals surface area contributed by atoms with Crippen LogP contribution >= 0.6 is 0 Å². The molecule has 132 valence electrons. The van der Waals surface area contributed by atoms with Crippen molar-refractivity contribution < 1.29 is 18.7 Å². The molecule has 0 unspecified atom stereocenters. The molecule has 4 rings (SSSR count). The molecule has 1 saturated heterocycles. The summed E-state index contributed by atoms with van der Waals surface area (Å²) in [7, 11) is 0. The Morgan fingerprint density at radius 2 is 1.92 bits per heavy atom. The number of rotatable bonds is 4. The van der Waals surface area contributed by atoms with E-state index in [1.54, 1.807) is 6.92 Å². The van der Waals surface area contributed by atoms with Crippen molar-refractivity contribution in [2.75, 3.05) is 37.9 Å². The van der Waals surface area contributed by atoms with Gasteiger partial charge in [0.15, 0.2) is 11.5 Å². The van der Waals surface area contributed by atoms with Crippen LogP contribution in [0.25, 0.3) is 0 Å². The summed E-state index contributed by atoms with van der Waals surface area (Å²) >= 11 is 0. The SMILES string of the molecule is Cc1nnc(N2CCN(C(=O)CCc3ccc4c(c3)OCO4)CC2)o1. The van der Waals surface area contributed by atoms with E-state index in [1.807, 2.05) is 28.0 Å². The highest BCUT2D eigenvalue weighted by Crippen LogP contribution is 2.32. The van der Waals surface area contributed by atoms with Crippen molar-refractivity contribution in [3.05, 3.63) is 29.7 Å². The minimum Gasteiger partial charge on any atom is -0.454 e. The van der Waals surface area contributed by atoms with Gasteiger partial charge in [-0.1, -0.05) is 11.2 Å². The molecular weight excluding hydrogens is 324 g/mol. The number of fused-ring (bicyclic) bond motifs is 1. The Labute approximate surface area is 145 Å². The van der Waals surface area contributed by atoms with Crippen LogP contribution in [0.15, 0.2) is 22.6 Å². The molecule has 0 bridgehead atoms. The van der Waals surface area contributed by atoms with E-state index in [9.17, 15) is 4.79 Å². The molecule has 0 radical (unpaired) electrons. The highest BCUT2D eigenvalue weighted by Gasteiger charge is 2.24. The van der Waals surface area contributed by atoms with Gasteiger partial charge in [-0.15, -0.1) is 5.10 Å². The molecule has 3 heterocycles. The van der Waals surface area contributed by atoms with Gasteiger partial charge in [-0.05, 0) is 24.1 Å². The minimum absolute atomic E-state index is 0.166. The van der Waals surface area contributed by atoms with E-state index in [-0.39, 0.29) is 12.7 Å². The molecule has 25 heavy (non-hydrogen) atoms. The van der Waals surface area contributed by atoms with E-state index >= 15 is 0 Å². The van der Waals surface area contributed by atoms with Crippen LogP contribution in [0.3, 0.4) is 0 Å². The summed E-state index contributed by atoms with van der Waals surface area (Å²) in [6.45, 7) is 4.78. The Hall–Kier alpha value is -2.77. The molecule has 0 spiro atoms. The number of aryl methyl sites for hydroxylation is 2. The van der Waals surface area contributed by atoms with E-state index in [2.05, 4.69) is 10.2 Å². The van der Waals surface area contributed by atoms with E-state index in [4.69, 9.17) is 13.9 Å². The van der Waals surface area contributed by atoms with E-state index in [0.29, 0.717) is 50.9 Å². The van der Waals surface area contributed by atoms with Gasteiger partial charge in [-0.3, -0.25) is 4.79 Å². The molecule has 2 aromatic rings. The largest absolute Gasteiger partial charge is 0.454 e. The molecule has 1 aromatic carbocycles. The number of anilines is 1. The third kappa shape index (κ3) is 3.38. The van der Waals surface area contributed by atoms with Crippen molar-refractivity contribution in [1.82, 2.24) is 15.1 Å². The normalized spacial score (nSPS) is 16.4. The fourth-order valence-corrected chi connectivity index (χ4v) is 3.07. The summed E-state index contributed by atoms with van der Waals surface area (Å²) < 4.78 is 16.1. The summed E-state index contributed by atoms with van der Waals surface area (Å²) in [6.07, 6.45) is 1.18. The van der Waals surface area contributed by atoms with Gasteiger partial charge in [0.05, 0.1) is 0 Å². The van der Waals surface area contributed by atoms with Crippen molar-refractivity contribution >= 4 is 11.9 Å². The van der Waals surface area contributed by atoms with Crippen LogP contribution in [-0.2, 0) is 11.2 Å². The molecule has 1 aromatic heterocycles. The van der Waals surface area contributed by atoms with Crippen molar-refractivity contribution in [2.24, 2.45) is 0 Å². The molecule has 8 heteroatoms. The monoisotopic (exact) mass is 344 g/mol. The standard InChI is InChI=1S/C17H20N4O4/c1-12-18-19-17(25-12)21-8-6-20(7-9-21)16(22)5-3-13-2-4-14-15(10-13)24-11-23-14/h2,4,10H,3,5-9,11H2,1H3. The number of ether oxygens (including phenoxy) is 2. The van der Waals surface area contributed by atoms with Gasteiger partial charge in [0.2, 0.25) is 18.6 Å². The summed E-state index contributed by atoms with van der Waals surface area (Å²) in [5, 5.41) is 7.87. The van der Waals surface area contributed by atoms with E-state index in [1.165, 1.54) is 0 Å². The number of hydrogen-bond donors (Lipinski definition) is 0. The smallest absolute Gasteiger partial charge is 0.318 e. The Balaban J connectivity index is 1.28. The maximum atomic E-state index is 12.5. The lowest BCUT2D eigenvalue weighted by Gasteiger charge is -2.33. The van der Waals surface area contributed by atoms with Crippen LogP contribution in [0.4, 0.5) is 6.01 Å². The molecule has 2 aliphatic rings. The van der Waals surface area contributed by atoms with Crippen molar-refractivity contribution in [3.8, 4) is 11.5 Å². The van der Waals surface area contributed by atoms with Gasteiger partial charge >= 0.3 is 6.01 Å². The fourth-order valence-electron chi connectivity index (χ4n) is 3.07. The predicted molar refractivity (Wildman–Crippen MR) is 88.7 cm³/mol. The number of aromatic nitrogens is 2. The topological polar surface area (TPSA) is 80.9 Å². The van der Waals surface area contributed by atoms with Gasteiger partial charge in [0, 0.05) is 39.5 Å². The lowest BCUT2D eigenvalue weighted by Crippen LogP contribution is -2.49. The molecule has 0 aliphatic carbocycles. The summed E-state index contributed by atoms with van der Waals surface area (Å²) in [6, 6.07) is 6.36. The zero-order chi connectivity index (χ0) is 17.2. The first kappa shape index (κ1) is 15.7. The molecule has 1 fully saturated rings. The summed E-state index contributed by atoms with van der Waals surface area (Å²) in [4.78, 5) is 16.4. The van der Waals surface area contributed by atoms with Gasteiger partial charge in [0.25, 0.3) is 0 Å². The summed E-state index contributed by atoms with van der Waals surface area (Å²) in [5.41, 5.74) is 1.08. The molecule has 2 aliphatic heterocycles. The van der Waals surface area contributed by atoms with Gasteiger partial charge in [-0.2, -0.15) is 0 Å². The first-order valence-corrected chi connectivity index (χ1v) is 8.40. The van der Waals surface area contributed by atoms with Crippen LogP contribution in [0.1, 0.15) is 17.9 Å². The quantitative estimate of drug-likeness (QED) is 0.829. The molecule has 1 amide bonds. The first-order valence-electron chi connectivity index (χ1n) is 8.40. The Kier molecular flexibility index (Phi) is 4.17. The van der Waals surface area contributed by atoms with Crippen LogP contribution in [0, 0.1) is 6.92 Å². The maximum Gasteiger partial charge on any atom is 0.318 e. The number of carbonyl (C=O) groups excluding carboxylic acids is 1. The zero-order valence-corrected chi connectivity index (χ0v) is 14.1. The summed E-state index contributed by atoms with van der Waals surface area (Å²) in [5.74, 6) is 2.24. The molecule has 0 atom stereocenters. The van der Waals surface area contributed by atoms with Crippen LogP contribution < -0.4 is 14.4 Å². The third-order valence-electron chi connectivity index (χ3n) is 4.48.